The van der Waals surface area contributed by atoms with Crippen molar-refractivity contribution in [3.63, 3.8) is 0 Å². The molecule has 0 heterocycles. The van der Waals surface area contributed by atoms with E-state index in [1.807, 2.05) is 0 Å². The first-order chi connectivity index (χ1) is 7.74. The normalized spacial score (nSPS) is 6.88. The monoisotopic (exact) mass is 226 g/mol. The van der Waals surface area contributed by atoms with Crippen LogP contribution in [0, 0.1) is 0 Å². The smallest absolute Gasteiger partial charge is 0.0829 e. The summed E-state index contributed by atoms with van der Waals surface area (Å²) < 4.78 is 8.72. The van der Waals surface area contributed by atoms with Crippen molar-refractivity contribution in [2.24, 2.45) is 0 Å². The molecule has 2 heteroatoms. The molecule has 0 unspecified atom stereocenters. The molecule has 0 spiro atoms. The van der Waals surface area contributed by atoms with Crippen LogP contribution in [0.5, 0.6) is 0 Å². The number of ether oxygens (including phenoxy) is 2. The highest BCUT2D eigenvalue weighted by Gasteiger charge is 1.75. The van der Waals surface area contributed by atoms with Crippen molar-refractivity contribution in [3.05, 3.63) is 51.4 Å². The fraction of sp³-hybridized carbons (Fsp3) is 0.429. The molecular weight excluding hydrogens is 200 g/mol. The van der Waals surface area contributed by atoms with E-state index in [1.165, 1.54) is 50.7 Å². The predicted octanol–water partition coefficient (Wildman–Crippen LogP) is 5.17. The highest BCUT2D eigenvalue weighted by molar-refractivity contribution is 4.57. The van der Waals surface area contributed by atoms with Gasteiger partial charge in [0.15, 0.2) is 0 Å². The van der Waals surface area contributed by atoms with E-state index in [0.29, 0.717) is 0 Å². The summed E-state index contributed by atoms with van der Waals surface area (Å²) in [5, 5.41) is 0. The summed E-state index contributed by atoms with van der Waals surface area (Å²) in [6.45, 7) is 17.5. The van der Waals surface area contributed by atoms with Crippen LogP contribution in [0.3, 0.4) is 0 Å². The van der Waals surface area contributed by atoms with Gasteiger partial charge < -0.3 is 9.47 Å². The van der Waals surface area contributed by atoms with Gasteiger partial charge in [-0.1, -0.05) is 65.8 Å². The van der Waals surface area contributed by atoms with Gasteiger partial charge in [-0.25, -0.2) is 0 Å². The van der Waals surface area contributed by atoms with Crippen LogP contribution < -0.4 is 0 Å². The Morgan fingerprint density at radius 1 is 0.688 bits per heavy atom. The SMILES string of the molecule is C=COC=C.C=COC=C.CCCCCC. The van der Waals surface area contributed by atoms with Crippen molar-refractivity contribution in [3.8, 4) is 0 Å². The quantitative estimate of drug-likeness (QED) is 0.440. The van der Waals surface area contributed by atoms with Crippen LogP contribution in [-0.2, 0) is 9.47 Å². The molecule has 0 N–H and O–H groups in total. The van der Waals surface area contributed by atoms with Gasteiger partial charge in [0, 0.05) is 0 Å². The van der Waals surface area contributed by atoms with E-state index in [9.17, 15) is 0 Å². The fourth-order valence-electron chi connectivity index (χ4n) is 0.636. The first kappa shape index (κ1) is 20.0. The average Bonchev–Trinajstić information content (AvgIpc) is 2.30. The van der Waals surface area contributed by atoms with E-state index in [0.717, 1.165) is 0 Å². The van der Waals surface area contributed by atoms with E-state index < -0.39 is 0 Å². The number of unbranched alkanes of at least 4 members (excludes halogenated alkanes) is 3. The van der Waals surface area contributed by atoms with Crippen LogP contribution in [0.2, 0.25) is 0 Å². The third-order valence-corrected chi connectivity index (χ3v) is 1.34. The Bertz CT molecular complexity index is 121. The van der Waals surface area contributed by atoms with Gasteiger partial charge in [-0.15, -0.1) is 0 Å². The van der Waals surface area contributed by atoms with E-state index in [4.69, 9.17) is 0 Å². The summed E-state index contributed by atoms with van der Waals surface area (Å²) in [5.41, 5.74) is 0. The second-order valence-electron chi connectivity index (χ2n) is 2.65. The van der Waals surface area contributed by atoms with Crippen LogP contribution >= 0.6 is 0 Å². The topological polar surface area (TPSA) is 18.5 Å². The molecule has 0 saturated carbocycles. The molecule has 0 radical (unpaired) electrons. The zero-order valence-corrected chi connectivity index (χ0v) is 10.8. The molecule has 0 bridgehead atoms. The third-order valence-electron chi connectivity index (χ3n) is 1.34. The largest absolute Gasteiger partial charge is 0.474 e. The molecular formula is C14H26O2. The van der Waals surface area contributed by atoms with E-state index >= 15 is 0 Å². The third kappa shape index (κ3) is 54.3. The van der Waals surface area contributed by atoms with Gasteiger partial charge >= 0.3 is 0 Å². The molecule has 0 rings (SSSR count). The second-order valence-corrected chi connectivity index (χ2v) is 2.65. The lowest BCUT2D eigenvalue weighted by atomic mass is 10.2. The maximum atomic E-state index is 4.36. The number of hydrogen-bond acceptors (Lipinski definition) is 2. The lowest BCUT2D eigenvalue weighted by molar-refractivity contribution is 0.406. The molecule has 0 amide bonds. The molecule has 0 atom stereocenters. The van der Waals surface area contributed by atoms with Crippen molar-refractivity contribution in [2.45, 2.75) is 39.5 Å². The van der Waals surface area contributed by atoms with Gasteiger partial charge in [-0.3, -0.25) is 0 Å². The maximum absolute atomic E-state index is 4.36. The van der Waals surface area contributed by atoms with E-state index in [2.05, 4.69) is 49.6 Å². The molecule has 0 aliphatic rings. The Labute approximate surface area is 101 Å². The molecule has 16 heavy (non-hydrogen) atoms. The minimum absolute atomic E-state index is 1.31. The Hall–Kier alpha value is -1.44. The van der Waals surface area contributed by atoms with E-state index in [1.54, 1.807) is 0 Å². The van der Waals surface area contributed by atoms with Gasteiger partial charge in [-0.05, 0) is 0 Å². The van der Waals surface area contributed by atoms with Crippen molar-refractivity contribution < 1.29 is 9.47 Å². The summed E-state index contributed by atoms with van der Waals surface area (Å²) in [7, 11) is 0. The Morgan fingerprint density at radius 3 is 1.00 bits per heavy atom. The first-order valence-electron chi connectivity index (χ1n) is 5.49. The Kier molecular flexibility index (Phi) is 36.6. The second kappa shape index (κ2) is 29.2. The van der Waals surface area contributed by atoms with Crippen LogP contribution in [0.15, 0.2) is 51.4 Å². The van der Waals surface area contributed by atoms with Gasteiger partial charge in [-0.2, -0.15) is 0 Å². The van der Waals surface area contributed by atoms with Crippen molar-refractivity contribution in [1.29, 1.82) is 0 Å². The Morgan fingerprint density at radius 2 is 0.938 bits per heavy atom. The molecule has 2 nitrogen and oxygen atoms in total. The molecule has 0 aromatic rings. The molecule has 0 saturated heterocycles. The summed E-state index contributed by atoms with van der Waals surface area (Å²) in [6.07, 6.45) is 10.8. The minimum atomic E-state index is 1.31. The summed E-state index contributed by atoms with van der Waals surface area (Å²) in [6, 6.07) is 0. The van der Waals surface area contributed by atoms with Gasteiger partial charge in [0.25, 0.3) is 0 Å². The highest BCUT2D eigenvalue weighted by atomic mass is 16.5. The van der Waals surface area contributed by atoms with Gasteiger partial charge in [0.05, 0.1) is 25.0 Å². The molecule has 0 aliphatic carbocycles. The minimum Gasteiger partial charge on any atom is -0.474 e. The van der Waals surface area contributed by atoms with Crippen molar-refractivity contribution in [2.75, 3.05) is 0 Å². The van der Waals surface area contributed by atoms with Crippen LogP contribution in [0.25, 0.3) is 0 Å². The predicted molar refractivity (Wildman–Crippen MR) is 72.8 cm³/mol. The molecule has 94 valence electrons. The summed E-state index contributed by atoms with van der Waals surface area (Å²) in [5.74, 6) is 0. The average molecular weight is 226 g/mol. The van der Waals surface area contributed by atoms with Crippen LogP contribution in [-0.4, -0.2) is 0 Å². The highest BCUT2D eigenvalue weighted by Crippen LogP contribution is 1.95. The fourth-order valence-corrected chi connectivity index (χ4v) is 0.636. The summed E-state index contributed by atoms with van der Waals surface area (Å²) >= 11 is 0. The number of hydrogen-bond donors (Lipinski definition) is 0. The lowest BCUT2D eigenvalue weighted by Gasteiger charge is -1.86. The zero-order chi connectivity index (χ0) is 13.1. The maximum Gasteiger partial charge on any atom is 0.0829 e. The zero-order valence-electron chi connectivity index (χ0n) is 10.8. The molecule has 0 aromatic carbocycles. The van der Waals surface area contributed by atoms with Gasteiger partial charge in [0.1, 0.15) is 0 Å². The van der Waals surface area contributed by atoms with Crippen LogP contribution in [0.1, 0.15) is 39.5 Å². The molecule has 0 fully saturated rings. The Balaban J connectivity index is -0.000000160. The lowest BCUT2D eigenvalue weighted by Crippen LogP contribution is -1.66. The summed E-state index contributed by atoms with van der Waals surface area (Å²) in [4.78, 5) is 0. The van der Waals surface area contributed by atoms with Crippen molar-refractivity contribution in [1.82, 2.24) is 0 Å². The van der Waals surface area contributed by atoms with Crippen LogP contribution in [0.4, 0.5) is 0 Å². The van der Waals surface area contributed by atoms with Gasteiger partial charge in [0.2, 0.25) is 0 Å². The van der Waals surface area contributed by atoms with Crippen molar-refractivity contribution >= 4 is 0 Å². The van der Waals surface area contributed by atoms with E-state index in [-0.39, 0.29) is 0 Å². The molecule has 0 aliphatic heterocycles. The molecule has 0 aromatic heterocycles. The standard InChI is InChI=1S/C6H14.2C4H6O/c1-3-5-6-4-2;2*1-3-5-4-2/h3-6H2,1-2H3;2*3-4H,1-2H2. The first-order valence-corrected chi connectivity index (χ1v) is 5.49. The number of rotatable bonds is 7.